The monoisotopic (exact) mass is 383 g/mol. The minimum Gasteiger partial charge on any atom is -0.276 e. The van der Waals surface area contributed by atoms with E-state index in [1.165, 1.54) is 12.1 Å². The number of hydrazine groups is 1. The van der Waals surface area contributed by atoms with Crippen LogP contribution in [-0.2, 0) is 10.0 Å². The normalized spacial score (nSPS) is 11.5. The highest BCUT2D eigenvalue weighted by Crippen LogP contribution is 2.25. The van der Waals surface area contributed by atoms with Gasteiger partial charge in [-0.1, -0.05) is 18.2 Å². The Labute approximate surface area is 153 Å². The summed E-state index contributed by atoms with van der Waals surface area (Å²) in [4.78, 5) is 15.2. The first-order chi connectivity index (χ1) is 12.6. The SMILES string of the molecule is O=S(=O)(NNc1ncc2cc(-c3nccs3)ccc2n1)c1ccccc1. The van der Waals surface area contributed by atoms with E-state index < -0.39 is 10.0 Å². The summed E-state index contributed by atoms with van der Waals surface area (Å²) in [5.41, 5.74) is 4.23. The zero-order valence-electron chi connectivity index (χ0n) is 13.3. The molecule has 26 heavy (non-hydrogen) atoms. The van der Waals surface area contributed by atoms with Crippen LogP contribution in [0, 0.1) is 0 Å². The van der Waals surface area contributed by atoms with Crippen LogP contribution >= 0.6 is 11.3 Å². The predicted molar refractivity (Wildman–Crippen MR) is 101 cm³/mol. The fraction of sp³-hybridized carbons (Fsp3) is 0. The quantitative estimate of drug-likeness (QED) is 0.514. The number of anilines is 1. The Balaban J connectivity index is 1.55. The molecule has 2 aromatic heterocycles. The van der Waals surface area contributed by atoms with E-state index in [1.54, 1.807) is 41.9 Å². The van der Waals surface area contributed by atoms with Gasteiger partial charge in [-0.25, -0.2) is 23.4 Å². The maximum atomic E-state index is 12.2. The summed E-state index contributed by atoms with van der Waals surface area (Å²) in [5, 5.41) is 3.68. The van der Waals surface area contributed by atoms with Crippen molar-refractivity contribution >= 4 is 38.2 Å². The number of hydrogen-bond acceptors (Lipinski definition) is 7. The molecule has 4 aromatic rings. The van der Waals surface area contributed by atoms with Crippen LogP contribution in [0.4, 0.5) is 5.95 Å². The largest absolute Gasteiger partial charge is 0.276 e. The van der Waals surface area contributed by atoms with Crippen molar-refractivity contribution in [2.45, 2.75) is 4.90 Å². The molecule has 2 heterocycles. The molecule has 0 atom stereocenters. The zero-order chi connectivity index (χ0) is 18.0. The first-order valence-electron chi connectivity index (χ1n) is 7.61. The minimum atomic E-state index is -3.70. The molecule has 0 bridgehead atoms. The fourth-order valence-corrected chi connectivity index (χ4v) is 3.86. The molecule has 0 amide bonds. The Morgan fingerprint density at radius 2 is 1.85 bits per heavy atom. The summed E-state index contributed by atoms with van der Waals surface area (Å²) < 4.78 is 24.4. The summed E-state index contributed by atoms with van der Waals surface area (Å²) >= 11 is 1.56. The Hall–Kier alpha value is -2.88. The van der Waals surface area contributed by atoms with Gasteiger partial charge in [0, 0.05) is 28.7 Å². The lowest BCUT2D eigenvalue weighted by Crippen LogP contribution is -2.30. The topological polar surface area (TPSA) is 96.9 Å². The number of nitrogens with zero attached hydrogens (tertiary/aromatic N) is 3. The van der Waals surface area contributed by atoms with Gasteiger partial charge in [0.2, 0.25) is 5.95 Å². The zero-order valence-corrected chi connectivity index (χ0v) is 15.0. The van der Waals surface area contributed by atoms with E-state index in [-0.39, 0.29) is 10.8 Å². The summed E-state index contributed by atoms with van der Waals surface area (Å²) in [5.74, 6) is 0.166. The van der Waals surface area contributed by atoms with Crippen molar-refractivity contribution in [3.05, 3.63) is 66.3 Å². The average Bonchev–Trinajstić information content (AvgIpc) is 3.21. The molecule has 0 radical (unpaired) electrons. The van der Waals surface area contributed by atoms with E-state index in [0.717, 1.165) is 16.0 Å². The van der Waals surface area contributed by atoms with Gasteiger partial charge in [0.15, 0.2) is 0 Å². The summed E-state index contributed by atoms with van der Waals surface area (Å²) in [6.45, 7) is 0. The second-order valence-corrected chi connectivity index (χ2v) is 7.92. The van der Waals surface area contributed by atoms with Crippen LogP contribution in [-0.4, -0.2) is 23.4 Å². The average molecular weight is 383 g/mol. The van der Waals surface area contributed by atoms with Crippen molar-refractivity contribution in [1.29, 1.82) is 0 Å². The molecule has 0 unspecified atom stereocenters. The van der Waals surface area contributed by atoms with Gasteiger partial charge in [-0.15, -0.1) is 16.2 Å². The lowest BCUT2D eigenvalue weighted by molar-refractivity contribution is 0.587. The van der Waals surface area contributed by atoms with Crippen molar-refractivity contribution in [3.63, 3.8) is 0 Å². The van der Waals surface area contributed by atoms with E-state index in [0.29, 0.717) is 5.52 Å². The van der Waals surface area contributed by atoms with Gasteiger partial charge in [0.25, 0.3) is 10.0 Å². The lowest BCUT2D eigenvalue weighted by atomic mass is 10.1. The Kier molecular flexibility index (Phi) is 4.33. The number of rotatable bonds is 5. The van der Waals surface area contributed by atoms with Crippen molar-refractivity contribution < 1.29 is 8.42 Å². The van der Waals surface area contributed by atoms with E-state index in [1.807, 2.05) is 23.6 Å². The van der Waals surface area contributed by atoms with Crippen molar-refractivity contribution in [1.82, 2.24) is 19.8 Å². The summed E-state index contributed by atoms with van der Waals surface area (Å²) in [7, 11) is -3.70. The second-order valence-electron chi connectivity index (χ2n) is 5.35. The molecule has 0 fully saturated rings. The lowest BCUT2D eigenvalue weighted by Gasteiger charge is -2.09. The van der Waals surface area contributed by atoms with E-state index in [2.05, 4.69) is 25.2 Å². The van der Waals surface area contributed by atoms with Crippen molar-refractivity contribution in [2.24, 2.45) is 0 Å². The first-order valence-corrected chi connectivity index (χ1v) is 9.98. The third kappa shape index (κ3) is 3.40. The smallest absolute Gasteiger partial charge is 0.257 e. The third-order valence-electron chi connectivity index (χ3n) is 3.61. The number of hydrogen-bond donors (Lipinski definition) is 2. The molecule has 0 aliphatic heterocycles. The molecule has 2 N–H and O–H groups in total. The summed E-state index contributed by atoms with van der Waals surface area (Å²) in [6.07, 6.45) is 3.39. The van der Waals surface area contributed by atoms with Crippen LogP contribution in [0.5, 0.6) is 0 Å². The third-order valence-corrected chi connectivity index (χ3v) is 5.70. The maximum Gasteiger partial charge on any atom is 0.257 e. The van der Waals surface area contributed by atoms with E-state index in [4.69, 9.17) is 0 Å². The van der Waals surface area contributed by atoms with Crippen molar-refractivity contribution in [3.8, 4) is 10.6 Å². The van der Waals surface area contributed by atoms with Crippen LogP contribution in [0.15, 0.2) is 71.2 Å². The predicted octanol–water partition coefficient (Wildman–Crippen LogP) is 3.06. The van der Waals surface area contributed by atoms with E-state index in [9.17, 15) is 8.42 Å². The van der Waals surface area contributed by atoms with Gasteiger partial charge in [0.05, 0.1) is 10.4 Å². The Bertz CT molecular complexity index is 1150. The van der Waals surface area contributed by atoms with Crippen LogP contribution in [0.2, 0.25) is 0 Å². The first kappa shape index (κ1) is 16.6. The van der Waals surface area contributed by atoms with Crippen LogP contribution < -0.4 is 10.3 Å². The van der Waals surface area contributed by atoms with Crippen LogP contribution in [0.1, 0.15) is 0 Å². The molecular weight excluding hydrogens is 370 g/mol. The number of thiazole rings is 1. The van der Waals surface area contributed by atoms with Gasteiger partial charge in [-0.3, -0.25) is 5.43 Å². The molecule has 0 aliphatic rings. The molecule has 7 nitrogen and oxygen atoms in total. The van der Waals surface area contributed by atoms with Crippen LogP contribution in [0.25, 0.3) is 21.5 Å². The molecule has 2 aromatic carbocycles. The highest BCUT2D eigenvalue weighted by atomic mass is 32.2. The Morgan fingerprint density at radius 3 is 2.62 bits per heavy atom. The number of fused-ring (bicyclic) bond motifs is 1. The molecular formula is C17H13N5O2S2. The van der Waals surface area contributed by atoms with E-state index >= 15 is 0 Å². The molecule has 0 aliphatic carbocycles. The highest BCUT2D eigenvalue weighted by molar-refractivity contribution is 7.89. The second kappa shape index (κ2) is 6.79. The van der Waals surface area contributed by atoms with Gasteiger partial charge in [-0.05, 0) is 30.3 Å². The number of nitrogens with one attached hydrogen (secondary N) is 2. The number of aromatic nitrogens is 3. The minimum absolute atomic E-state index is 0.154. The number of sulfonamides is 1. The molecule has 9 heteroatoms. The number of benzene rings is 2. The van der Waals surface area contributed by atoms with Gasteiger partial charge in [-0.2, -0.15) is 0 Å². The highest BCUT2D eigenvalue weighted by Gasteiger charge is 2.13. The molecule has 0 spiro atoms. The molecule has 130 valence electrons. The molecule has 0 saturated heterocycles. The summed E-state index contributed by atoms with van der Waals surface area (Å²) in [6, 6.07) is 13.8. The Morgan fingerprint density at radius 1 is 1.00 bits per heavy atom. The molecule has 4 rings (SSSR count). The van der Waals surface area contributed by atoms with Gasteiger partial charge in [0.1, 0.15) is 5.01 Å². The maximum absolute atomic E-state index is 12.2. The fourth-order valence-electron chi connectivity index (χ4n) is 2.36. The van der Waals surface area contributed by atoms with Crippen molar-refractivity contribution in [2.75, 3.05) is 5.43 Å². The standard InChI is InChI=1S/C17H13N5O2S2/c23-26(24,14-4-2-1-3-5-14)22-21-17-19-11-13-10-12(6-7-15(13)20-17)16-18-8-9-25-16/h1-11,22H,(H,19,20,21). The van der Waals surface area contributed by atoms with Gasteiger partial charge < -0.3 is 0 Å². The van der Waals surface area contributed by atoms with Gasteiger partial charge >= 0.3 is 0 Å². The van der Waals surface area contributed by atoms with Crippen LogP contribution in [0.3, 0.4) is 0 Å². The molecule has 0 saturated carbocycles.